The van der Waals surface area contributed by atoms with Crippen molar-refractivity contribution in [3.05, 3.63) is 24.3 Å². The number of likely N-dealkylation sites (tertiary alicyclic amines) is 1. The number of hydrogen-bond acceptors (Lipinski definition) is 3. The molecule has 0 bridgehead atoms. The molecule has 1 aliphatic carbocycles. The Morgan fingerprint density at radius 2 is 1.86 bits per heavy atom. The first-order valence-corrected chi connectivity index (χ1v) is 6.92. The smallest absolute Gasteiger partial charge is 0.406 e. The monoisotopic (exact) mass is 315 g/mol. The number of carbonyl (C=O) groups is 1. The molecule has 3 rings (SSSR count). The average Bonchev–Trinajstić information content (AvgIpc) is 2.32. The topological polar surface area (TPSA) is 67.6 Å². The molecular formula is C14H16F3N3O2. The molecule has 1 saturated heterocycles. The Kier molecular flexibility index (Phi) is 3.43. The fourth-order valence-electron chi connectivity index (χ4n) is 3.16. The highest BCUT2D eigenvalue weighted by Gasteiger charge is 2.52. The number of nitrogens with two attached hydrogens (primary N) is 1. The highest BCUT2D eigenvalue weighted by molar-refractivity contribution is 5.90. The third kappa shape index (κ3) is 3.11. The van der Waals surface area contributed by atoms with Crippen LogP contribution < -0.4 is 15.8 Å². The second-order valence-corrected chi connectivity index (χ2v) is 6.03. The van der Waals surface area contributed by atoms with E-state index in [2.05, 4.69) is 10.1 Å². The van der Waals surface area contributed by atoms with Crippen LogP contribution in [0.4, 0.5) is 23.7 Å². The van der Waals surface area contributed by atoms with Gasteiger partial charge in [-0.05, 0) is 37.1 Å². The van der Waals surface area contributed by atoms with Gasteiger partial charge < -0.3 is 20.7 Å². The van der Waals surface area contributed by atoms with Gasteiger partial charge in [-0.15, -0.1) is 13.2 Å². The van der Waals surface area contributed by atoms with Gasteiger partial charge in [-0.2, -0.15) is 0 Å². The fraction of sp³-hybridized carbons (Fsp3) is 0.500. The van der Waals surface area contributed by atoms with Gasteiger partial charge in [0, 0.05) is 30.2 Å². The third-order valence-electron chi connectivity index (χ3n) is 4.07. The molecule has 5 nitrogen and oxygen atoms in total. The van der Waals surface area contributed by atoms with Crippen molar-refractivity contribution in [3.63, 3.8) is 0 Å². The van der Waals surface area contributed by atoms with Gasteiger partial charge in [0.05, 0.1) is 0 Å². The van der Waals surface area contributed by atoms with Crippen LogP contribution in [0.5, 0.6) is 5.75 Å². The van der Waals surface area contributed by atoms with E-state index in [1.54, 1.807) is 4.90 Å². The number of ether oxygens (including phenoxy) is 1. The van der Waals surface area contributed by atoms with Crippen molar-refractivity contribution in [2.75, 3.05) is 18.4 Å². The maximum absolute atomic E-state index is 12.0. The number of amides is 2. The van der Waals surface area contributed by atoms with Gasteiger partial charge in [0.1, 0.15) is 5.75 Å². The minimum absolute atomic E-state index is 0.196. The van der Waals surface area contributed by atoms with Crippen molar-refractivity contribution >= 4 is 11.7 Å². The Bertz CT molecular complexity index is 560. The minimum Gasteiger partial charge on any atom is -0.406 e. The number of nitrogens with zero attached hydrogens (tertiary/aromatic N) is 1. The van der Waals surface area contributed by atoms with E-state index in [0.29, 0.717) is 18.8 Å². The number of nitrogens with one attached hydrogen (secondary N) is 1. The number of halogens is 3. The first kappa shape index (κ1) is 15.0. The van der Waals surface area contributed by atoms with Gasteiger partial charge in [-0.25, -0.2) is 4.79 Å². The summed E-state index contributed by atoms with van der Waals surface area (Å²) in [4.78, 5) is 13.7. The molecule has 0 atom stereocenters. The van der Waals surface area contributed by atoms with E-state index in [-0.39, 0.29) is 23.2 Å². The van der Waals surface area contributed by atoms with Gasteiger partial charge in [0.2, 0.25) is 0 Å². The molecule has 1 aromatic rings. The summed E-state index contributed by atoms with van der Waals surface area (Å²) >= 11 is 0. The lowest BCUT2D eigenvalue weighted by molar-refractivity contribution is -0.274. The highest BCUT2D eigenvalue weighted by Crippen LogP contribution is 2.47. The number of urea groups is 1. The Balaban J connectivity index is 1.50. The van der Waals surface area contributed by atoms with Gasteiger partial charge in [0.25, 0.3) is 0 Å². The second kappa shape index (κ2) is 5.05. The largest absolute Gasteiger partial charge is 0.573 e. The van der Waals surface area contributed by atoms with Crippen molar-refractivity contribution in [3.8, 4) is 5.75 Å². The van der Waals surface area contributed by atoms with E-state index in [1.165, 1.54) is 12.1 Å². The highest BCUT2D eigenvalue weighted by atomic mass is 19.4. The summed E-state index contributed by atoms with van der Waals surface area (Å²) in [7, 11) is 0. The zero-order valence-corrected chi connectivity index (χ0v) is 11.7. The summed E-state index contributed by atoms with van der Waals surface area (Å²) in [6.45, 7) is 1.36. The van der Waals surface area contributed by atoms with Crippen LogP contribution in [0.15, 0.2) is 24.3 Å². The van der Waals surface area contributed by atoms with E-state index >= 15 is 0 Å². The first-order chi connectivity index (χ1) is 10.2. The summed E-state index contributed by atoms with van der Waals surface area (Å²) in [6.07, 6.45) is -2.83. The quantitative estimate of drug-likeness (QED) is 0.881. The molecule has 0 radical (unpaired) electrons. The molecule has 2 amide bonds. The Labute approximate surface area is 125 Å². The maximum Gasteiger partial charge on any atom is 0.573 e. The number of hydrogen-bond donors (Lipinski definition) is 2. The predicted octanol–water partition coefficient (Wildman–Crippen LogP) is 2.54. The summed E-state index contributed by atoms with van der Waals surface area (Å²) in [5, 5.41) is 2.65. The molecule has 8 heteroatoms. The zero-order chi connectivity index (χ0) is 16.0. The van der Waals surface area contributed by atoms with Crippen LogP contribution in [0.2, 0.25) is 0 Å². The van der Waals surface area contributed by atoms with E-state index in [0.717, 1.165) is 25.0 Å². The lowest BCUT2D eigenvalue weighted by Crippen LogP contribution is -2.67. The summed E-state index contributed by atoms with van der Waals surface area (Å²) in [5.74, 6) is -0.322. The molecule has 3 N–H and O–H groups in total. The molecule has 1 spiro atoms. The molecule has 22 heavy (non-hydrogen) atoms. The van der Waals surface area contributed by atoms with Crippen LogP contribution >= 0.6 is 0 Å². The van der Waals surface area contributed by atoms with Crippen LogP contribution in [-0.2, 0) is 0 Å². The van der Waals surface area contributed by atoms with Crippen LogP contribution in [-0.4, -0.2) is 36.4 Å². The zero-order valence-electron chi connectivity index (χ0n) is 11.7. The van der Waals surface area contributed by atoms with E-state index < -0.39 is 6.36 Å². The average molecular weight is 315 g/mol. The summed E-state index contributed by atoms with van der Waals surface area (Å²) in [5.41, 5.74) is 6.37. The van der Waals surface area contributed by atoms with Crippen molar-refractivity contribution in [1.82, 2.24) is 4.90 Å². The van der Waals surface area contributed by atoms with Crippen LogP contribution in [0.25, 0.3) is 0 Å². The number of rotatable bonds is 2. The normalized spacial score (nSPS) is 20.3. The van der Waals surface area contributed by atoms with Gasteiger partial charge >= 0.3 is 12.4 Å². The Morgan fingerprint density at radius 1 is 1.27 bits per heavy atom. The van der Waals surface area contributed by atoms with Crippen molar-refractivity contribution in [2.45, 2.75) is 25.2 Å². The molecule has 1 saturated carbocycles. The van der Waals surface area contributed by atoms with Crippen LogP contribution in [0, 0.1) is 5.41 Å². The molecule has 120 valence electrons. The van der Waals surface area contributed by atoms with Gasteiger partial charge in [-0.3, -0.25) is 0 Å². The minimum atomic E-state index is -4.72. The Morgan fingerprint density at radius 3 is 2.36 bits per heavy atom. The van der Waals surface area contributed by atoms with Crippen molar-refractivity contribution < 1.29 is 22.7 Å². The van der Waals surface area contributed by atoms with Gasteiger partial charge in [-0.1, -0.05) is 0 Å². The number of benzene rings is 1. The van der Waals surface area contributed by atoms with Crippen molar-refractivity contribution in [1.29, 1.82) is 0 Å². The second-order valence-electron chi connectivity index (χ2n) is 6.03. The summed E-state index contributed by atoms with van der Waals surface area (Å²) in [6, 6.07) is 5.04. The van der Waals surface area contributed by atoms with E-state index in [9.17, 15) is 18.0 Å². The molecule has 0 unspecified atom stereocenters. The van der Waals surface area contributed by atoms with Crippen LogP contribution in [0.3, 0.4) is 0 Å². The van der Waals surface area contributed by atoms with Crippen molar-refractivity contribution in [2.24, 2.45) is 11.1 Å². The molecule has 1 aromatic carbocycles. The number of carbonyl (C=O) groups excluding carboxylic acids is 1. The lowest BCUT2D eigenvalue weighted by atomic mass is 9.61. The first-order valence-electron chi connectivity index (χ1n) is 6.92. The Hall–Kier alpha value is -1.96. The maximum atomic E-state index is 12.0. The van der Waals surface area contributed by atoms with E-state index in [1.807, 2.05) is 0 Å². The molecule has 0 aromatic heterocycles. The number of anilines is 1. The molecule has 1 aliphatic heterocycles. The SMILES string of the molecule is NC1CC2(C1)CN(C(=O)Nc1ccc(OC(F)(F)F)cc1)C2. The summed E-state index contributed by atoms with van der Waals surface area (Å²) < 4.78 is 39.9. The fourth-order valence-corrected chi connectivity index (χ4v) is 3.16. The molecular weight excluding hydrogens is 299 g/mol. The molecule has 2 aliphatic rings. The lowest BCUT2D eigenvalue weighted by Gasteiger charge is -2.58. The number of alkyl halides is 3. The predicted molar refractivity (Wildman–Crippen MR) is 73.4 cm³/mol. The van der Waals surface area contributed by atoms with Crippen LogP contribution in [0.1, 0.15) is 12.8 Å². The molecule has 2 fully saturated rings. The standard InChI is InChI=1S/C14H16F3N3O2/c15-14(16,17)22-11-3-1-10(2-4-11)19-12(21)20-7-13(8-20)5-9(18)6-13/h1-4,9H,5-8,18H2,(H,19,21). The van der Waals surface area contributed by atoms with Gasteiger partial charge in [0.15, 0.2) is 0 Å². The molecule has 1 heterocycles. The van der Waals surface area contributed by atoms with E-state index in [4.69, 9.17) is 5.73 Å². The third-order valence-corrected chi connectivity index (χ3v) is 4.07.